The van der Waals surface area contributed by atoms with Crippen molar-refractivity contribution >= 4 is 16.3 Å². The Morgan fingerprint density at radius 2 is 1.88 bits per heavy atom. The first-order valence-electron chi connectivity index (χ1n) is 5.20. The van der Waals surface area contributed by atoms with Crippen molar-refractivity contribution in [2.45, 2.75) is 0 Å². The molecule has 0 aliphatic carbocycles. The molecule has 2 N–H and O–H groups in total. The summed E-state index contributed by atoms with van der Waals surface area (Å²) in [5.74, 6) is 0.873. The third kappa shape index (κ3) is 1.92. The predicted molar refractivity (Wildman–Crippen MR) is 68.6 cm³/mol. The molecular formula is C14H15NO. The third-order valence-electron chi connectivity index (χ3n) is 2.70. The lowest BCUT2D eigenvalue weighted by Gasteiger charge is -2.06. The molecule has 0 fully saturated rings. The van der Waals surface area contributed by atoms with Crippen LogP contribution in [0.4, 0.5) is 0 Å². The molecule has 0 saturated carbocycles. The molecular weight excluding hydrogens is 198 g/mol. The van der Waals surface area contributed by atoms with Crippen LogP contribution in [0.5, 0.6) is 5.75 Å². The second kappa shape index (κ2) is 4.37. The highest BCUT2D eigenvalue weighted by molar-refractivity contribution is 5.87. The van der Waals surface area contributed by atoms with Gasteiger partial charge in [0, 0.05) is 6.54 Å². The van der Waals surface area contributed by atoms with Crippen LogP contribution >= 0.6 is 0 Å². The van der Waals surface area contributed by atoms with Crippen LogP contribution in [0.25, 0.3) is 16.3 Å². The largest absolute Gasteiger partial charge is 0.497 e. The molecule has 16 heavy (non-hydrogen) atoms. The van der Waals surface area contributed by atoms with Crippen molar-refractivity contribution in [3.8, 4) is 5.75 Å². The Morgan fingerprint density at radius 1 is 1.19 bits per heavy atom. The molecule has 2 heteroatoms. The van der Waals surface area contributed by atoms with E-state index in [4.69, 9.17) is 10.5 Å². The monoisotopic (exact) mass is 213 g/mol. The number of nitrogens with two attached hydrogens (primary N) is 1. The Kier molecular flexibility index (Phi) is 2.93. The van der Waals surface area contributed by atoms with E-state index < -0.39 is 0 Å². The summed E-state index contributed by atoms with van der Waals surface area (Å²) >= 11 is 0. The fraction of sp³-hybridized carbons (Fsp3) is 0.143. The molecule has 2 aromatic rings. The maximum atomic E-state index is 5.57. The van der Waals surface area contributed by atoms with Gasteiger partial charge in [-0.05, 0) is 40.1 Å². The summed E-state index contributed by atoms with van der Waals surface area (Å²) in [6.45, 7) is 4.42. The number of ether oxygens (including phenoxy) is 1. The summed E-state index contributed by atoms with van der Waals surface area (Å²) in [5.41, 5.74) is 7.63. The lowest BCUT2D eigenvalue weighted by molar-refractivity contribution is 0.415. The van der Waals surface area contributed by atoms with Crippen molar-refractivity contribution in [2.24, 2.45) is 5.73 Å². The Morgan fingerprint density at radius 3 is 2.56 bits per heavy atom. The maximum Gasteiger partial charge on any atom is 0.119 e. The number of benzene rings is 2. The van der Waals surface area contributed by atoms with E-state index in [1.165, 1.54) is 5.39 Å². The van der Waals surface area contributed by atoms with Gasteiger partial charge >= 0.3 is 0 Å². The first-order valence-corrected chi connectivity index (χ1v) is 5.20. The summed E-state index contributed by atoms with van der Waals surface area (Å²) in [4.78, 5) is 0. The van der Waals surface area contributed by atoms with E-state index in [-0.39, 0.29) is 0 Å². The molecule has 0 amide bonds. The maximum absolute atomic E-state index is 5.57. The minimum Gasteiger partial charge on any atom is -0.497 e. The van der Waals surface area contributed by atoms with Crippen molar-refractivity contribution in [3.63, 3.8) is 0 Å². The third-order valence-corrected chi connectivity index (χ3v) is 2.70. The molecule has 0 spiro atoms. The highest BCUT2D eigenvalue weighted by Crippen LogP contribution is 2.23. The normalized spacial score (nSPS) is 10.4. The van der Waals surface area contributed by atoms with Crippen LogP contribution in [-0.2, 0) is 0 Å². The first-order chi connectivity index (χ1) is 7.74. The van der Waals surface area contributed by atoms with E-state index in [1.807, 2.05) is 24.3 Å². The van der Waals surface area contributed by atoms with Gasteiger partial charge in [-0.3, -0.25) is 0 Å². The van der Waals surface area contributed by atoms with Crippen LogP contribution in [-0.4, -0.2) is 13.7 Å². The van der Waals surface area contributed by atoms with Crippen molar-refractivity contribution < 1.29 is 4.74 Å². The van der Waals surface area contributed by atoms with Gasteiger partial charge in [0.15, 0.2) is 0 Å². The smallest absolute Gasteiger partial charge is 0.119 e. The predicted octanol–water partition coefficient (Wildman–Crippen LogP) is 2.82. The van der Waals surface area contributed by atoms with Crippen molar-refractivity contribution in [2.75, 3.05) is 13.7 Å². The standard InChI is InChI=1S/C14H15NO/c1-10(9-15)11-3-4-13-8-14(16-2)6-5-12(13)7-11/h3-8H,1,9,15H2,2H3. The second-order valence-electron chi connectivity index (χ2n) is 3.74. The topological polar surface area (TPSA) is 35.2 Å². The first kappa shape index (κ1) is 10.7. The van der Waals surface area contributed by atoms with E-state index in [0.717, 1.165) is 22.3 Å². The van der Waals surface area contributed by atoms with E-state index in [2.05, 4.69) is 18.7 Å². The van der Waals surface area contributed by atoms with E-state index in [1.54, 1.807) is 7.11 Å². The molecule has 0 aliphatic heterocycles. The van der Waals surface area contributed by atoms with Gasteiger partial charge in [0.2, 0.25) is 0 Å². The zero-order valence-corrected chi connectivity index (χ0v) is 9.36. The average Bonchev–Trinajstić information content (AvgIpc) is 2.36. The number of methoxy groups -OCH3 is 1. The Hall–Kier alpha value is -1.80. The van der Waals surface area contributed by atoms with Crippen LogP contribution < -0.4 is 10.5 Å². The van der Waals surface area contributed by atoms with E-state index in [0.29, 0.717) is 6.54 Å². The molecule has 0 heterocycles. The van der Waals surface area contributed by atoms with E-state index in [9.17, 15) is 0 Å². The molecule has 0 unspecified atom stereocenters. The second-order valence-corrected chi connectivity index (χ2v) is 3.74. The number of fused-ring (bicyclic) bond motifs is 1. The molecule has 0 aliphatic rings. The van der Waals surface area contributed by atoms with Crippen LogP contribution in [0.2, 0.25) is 0 Å². The lowest BCUT2D eigenvalue weighted by atomic mass is 10.0. The van der Waals surface area contributed by atoms with E-state index >= 15 is 0 Å². The highest BCUT2D eigenvalue weighted by atomic mass is 16.5. The van der Waals surface area contributed by atoms with Crippen molar-refractivity contribution in [3.05, 3.63) is 48.5 Å². The molecule has 0 atom stereocenters. The average molecular weight is 213 g/mol. The lowest BCUT2D eigenvalue weighted by Crippen LogP contribution is -2.00. The molecule has 0 aromatic heterocycles. The Labute approximate surface area is 95.3 Å². The summed E-state index contributed by atoms with van der Waals surface area (Å²) < 4.78 is 5.18. The molecule has 0 radical (unpaired) electrons. The van der Waals surface area contributed by atoms with Gasteiger partial charge in [-0.25, -0.2) is 0 Å². The summed E-state index contributed by atoms with van der Waals surface area (Å²) in [7, 11) is 1.67. The van der Waals surface area contributed by atoms with Gasteiger partial charge in [0.25, 0.3) is 0 Å². The molecule has 2 rings (SSSR count). The van der Waals surface area contributed by atoms with Crippen molar-refractivity contribution in [1.29, 1.82) is 0 Å². The zero-order valence-electron chi connectivity index (χ0n) is 9.36. The summed E-state index contributed by atoms with van der Waals surface area (Å²) in [5, 5.41) is 2.33. The summed E-state index contributed by atoms with van der Waals surface area (Å²) in [6.07, 6.45) is 0. The number of hydrogen-bond donors (Lipinski definition) is 1. The SMILES string of the molecule is C=C(CN)c1ccc2cc(OC)ccc2c1. The zero-order chi connectivity index (χ0) is 11.5. The molecule has 2 aromatic carbocycles. The Bertz CT molecular complexity index is 531. The minimum absolute atomic E-state index is 0.488. The quantitative estimate of drug-likeness (QED) is 0.850. The minimum atomic E-state index is 0.488. The summed E-state index contributed by atoms with van der Waals surface area (Å²) in [6, 6.07) is 12.2. The van der Waals surface area contributed by atoms with Crippen LogP contribution in [0.15, 0.2) is 43.0 Å². The van der Waals surface area contributed by atoms with Gasteiger partial charge in [-0.2, -0.15) is 0 Å². The van der Waals surface area contributed by atoms with Crippen LogP contribution in [0.3, 0.4) is 0 Å². The van der Waals surface area contributed by atoms with Crippen LogP contribution in [0.1, 0.15) is 5.56 Å². The fourth-order valence-electron chi connectivity index (χ4n) is 1.69. The highest BCUT2D eigenvalue weighted by Gasteiger charge is 2.00. The molecule has 82 valence electrons. The van der Waals surface area contributed by atoms with Crippen molar-refractivity contribution in [1.82, 2.24) is 0 Å². The van der Waals surface area contributed by atoms with Gasteiger partial charge in [-0.15, -0.1) is 0 Å². The van der Waals surface area contributed by atoms with Crippen LogP contribution in [0, 0.1) is 0 Å². The molecule has 0 bridgehead atoms. The van der Waals surface area contributed by atoms with Gasteiger partial charge in [-0.1, -0.05) is 24.8 Å². The fourth-order valence-corrected chi connectivity index (χ4v) is 1.69. The van der Waals surface area contributed by atoms with Gasteiger partial charge in [0.1, 0.15) is 5.75 Å². The molecule has 0 saturated heterocycles. The Balaban J connectivity index is 2.51. The molecule has 2 nitrogen and oxygen atoms in total. The number of hydrogen-bond acceptors (Lipinski definition) is 2. The van der Waals surface area contributed by atoms with Gasteiger partial charge in [0.05, 0.1) is 7.11 Å². The number of rotatable bonds is 3. The van der Waals surface area contributed by atoms with Gasteiger partial charge < -0.3 is 10.5 Å².